The Hall–Kier alpha value is -2.37. The summed E-state index contributed by atoms with van der Waals surface area (Å²) in [6, 6.07) is 9.89. The van der Waals surface area contributed by atoms with Gasteiger partial charge in [0.2, 0.25) is 17.7 Å². The zero-order valence-corrected chi connectivity index (χ0v) is 14.9. The quantitative estimate of drug-likeness (QED) is 0.891. The SMILES string of the molecule is O=C(NC1CC1)C1CCN(C(=O)[C@@H]2CC(=O)N(c3ccccc3)C2)CC1. The second-order valence-corrected chi connectivity index (χ2v) is 7.62. The van der Waals surface area contributed by atoms with Gasteiger partial charge in [-0.3, -0.25) is 14.4 Å². The number of nitrogens with zero attached hydrogens (tertiary/aromatic N) is 2. The van der Waals surface area contributed by atoms with Gasteiger partial charge in [0.25, 0.3) is 0 Å². The summed E-state index contributed by atoms with van der Waals surface area (Å²) in [5.41, 5.74) is 0.850. The van der Waals surface area contributed by atoms with Gasteiger partial charge in [0.1, 0.15) is 0 Å². The van der Waals surface area contributed by atoms with Crippen LogP contribution in [0, 0.1) is 11.8 Å². The number of piperidine rings is 1. The van der Waals surface area contributed by atoms with Gasteiger partial charge in [0.05, 0.1) is 5.92 Å². The zero-order valence-electron chi connectivity index (χ0n) is 14.9. The highest BCUT2D eigenvalue weighted by Gasteiger charge is 2.39. The predicted molar refractivity (Wildman–Crippen MR) is 97.4 cm³/mol. The van der Waals surface area contributed by atoms with E-state index in [1.165, 1.54) is 0 Å². The molecule has 0 bridgehead atoms. The number of nitrogens with one attached hydrogen (secondary N) is 1. The van der Waals surface area contributed by atoms with Crippen molar-refractivity contribution in [1.29, 1.82) is 0 Å². The molecule has 0 aromatic heterocycles. The Morgan fingerprint density at radius 3 is 2.31 bits per heavy atom. The number of amides is 3. The van der Waals surface area contributed by atoms with Crippen molar-refractivity contribution < 1.29 is 14.4 Å². The van der Waals surface area contributed by atoms with Gasteiger partial charge in [-0.15, -0.1) is 0 Å². The third-order valence-electron chi connectivity index (χ3n) is 5.64. The number of hydrogen-bond acceptors (Lipinski definition) is 3. The largest absolute Gasteiger partial charge is 0.353 e. The van der Waals surface area contributed by atoms with E-state index in [1.807, 2.05) is 35.2 Å². The summed E-state index contributed by atoms with van der Waals surface area (Å²) < 4.78 is 0. The second-order valence-electron chi connectivity index (χ2n) is 7.62. The van der Waals surface area contributed by atoms with Crippen molar-refractivity contribution in [1.82, 2.24) is 10.2 Å². The van der Waals surface area contributed by atoms with Gasteiger partial charge >= 0.3 is 0 Å². The van der Waals surface area contributed by atoms with Crippen molar-refractivity contribution in [2.24, 2.45) is 11.8 Å². The molecule has 3 fully saturated rings. The average molecular weight is 355 g/mol. The molecule has 138 valence electrons. The Morgan fingerprint density at radius 1 is 0.962 bits per heavy atom. The minimum absolute atomic E-state index is 0.00764. The highest BCUT2D eigenvalue weighted by atomic mass is 16.2. The van der Waals surface area contributed by atoms with E-state index in [4.69, 9.17) is 0 Å². The number of anilines is 1. The molecule has 0 radical (unpaired) electrons. The Kier molecular flexibility index (Phi) is 4.66. The second kappa shape index (κ2) is 7.09. The minimum Gasteiger partial charge on any atom is -0.353 e. The Morgan fingerprint density at radius 2 is 1.65 bits per heavy atom. The molecule has 3 aliphatic rings. The maximum atomic E-state index is 12.8. The van der Waals surface area contributed by atoms with Crippen LogP contribution in [0.25, 0.3) is 0 Å². The van der Waals surface area contributed by atoms with Gasteiger partial charge in [0.15, 0.2) is 0 Å². The molecule has 0 spiro atoms. The van der Waals surface area contributed by atoms with Crippen LogP contribution in [-0.4, -0.2) is 48.3 Å². The number of carbonyl (C=O) groups is 3. The average Bonchev–Trinajstić information content (AvgIpc) is 3.40. The number of para-hydroxylation sites is 1. The molecular formula is C20H25N3O3. The lowest BCUT2D eigenvalue weighted by Crippen LogP contribution is -2.45. The maximum absolute atomic E-state index is 12.8. The first-order valence-corrected chi connectivity index (χ1v) is 9.56. The van der Waals surface area contributed by atoms with Gasteiger partial charge < -0.3 is 15.1 Å². The highest BCUT2D eigenvalue weighted by molar-refractivity contribution is 6.00. The van der Waals surface area contributed by atoms with E-state index < -0.39 is 0 Å². The number of rotatable bonds is 4. The Balaban J connectivity index is 1.31. The van der Waals surface area contributed by atoms with Crippen molar-refractivity contribution in [3.8, 4) is 0 Å². The van der Waals surface area contributed by atoms with Crippen molar-refractivity contribution in [3.05, 3.63) is 30.3 Å². The van der Waals surface area contributed by atoms with Crippen LogP contribution < -0.4 is 10.2 Å². The van der Waals surface area contributed by atoms with Crippen LogP contribution in [0.3, 0.4) is 0 Å². The molecule has 2 aliphatic heterocycles. The molecule has 1 aromatic carbocycles. The third kappa shape index (κ3) is 3.59. The smallest absolute Gasteiger partial charge is 0.228 e. The molecule has 6 nitrogen and oxygen atoms in total. The normalized spacial score (nSPS) is 24.0. The van der Waals surface area contributed by atoms with Gasteiger partial charge in [-0.2, -0.15) is 0 Å². The van der Waals surface area contributed by atoms with E-state index in [-0.39, 0.29) is 36.0 Å². The number of hydrogen-bond donors (Lipinski definition) is 1. The number of carbonyl (C=O) groups excluding carboxylic acids is 3. The fourth-order valence-electron chi connectivity index (χ4n) is 3.90. The molecule has 2 heterocycles. The summed E-state index contributed by atoms with van der Waals surface area (Å²) in [7, 11) is 0. The molecule has 0 unspecified atom stereocenters. The van der Waals surface area contributed by atoms with Crippen LogP contribution in [0.1, 0.15) is 32.1 Å². The van der Waals surface area contributed by atoms with Crippen LogP contribution in [0.15, 0.2) is 30.3 Å². The van der Waals surface area contributed by atoms with E-state index in [0.717, 1.165) is 18.5 Å². The van der Waals surface area contributed by atoms with Crippen LogP contribution in [0.2, 0.25) is 0 Å². The van der Waals surface area contributed by atoms with E-state index in [2.05, 4.69) is 5.32 Å². The van der Waals surface area contributed by atoms with Gasteiger partial charge in [0, 0.05) is 43.7 Å². The first-order valence-electron chi connectivity index (χ1n) is 9.56. The van der Waals surface area contributed by atoms with Crippen molar-refractivity contribution in [2.75, 3.05) is 24.5 Å². The molecule has 1 aromatic rings. The third-order valence-corrected chi connectivity index (χ3v) is 5.64. The molecule has 26 heavy (non-hydrogen) atoms. The monoisotopic (exact) mass is 355 g/mol. The first-order chi connectivity index (χ1) is 12.6. The van der Waals surface area contributed by atoms with Crippen LogP contribution >= 0.6 is 0 Å². The zero-order chi connectivity index (χ0) is 18.1. The van der Waals surface area contributed by atoms with E-state index >= 15 is 0 Å². The molecule has 1 atom stereocenters. The first kappa shape index (κ1) is 17.1. The Bertz CT molecular complexity index is 694. The fourth-order valence-corrected chi connectivity index (χ4v) is 3.90. The lowest BCUT2D eigenvalue weighted by molar-refractivity contribution is -0.139. The summed E-state index contributed by atoms with van der Waals surface area (Å²) in [5, 5.41) is 3.06. The van der Waals surface area contributed by atoms with E-state index in [0.29, 0.717) is 38.5 Å². The number of likely N-dealkylation sites (tertiary alicyclic amines) is 1. The molecule has 1 aliphatic carbocycles. The minimum atomic E-state index is -0.278. The molecule has 4 rings (SSSR count). The number of benzene rings is 1. The summed E-state index contributed by atoms with van der Waals surface area (Å²) in [4.78, 5) is 40.9. The molecule has 3 amide bonds. The summed E-state index contributed by atoms with van der Waals surface area (Å²) in [5.74, 6) is -0.0535. The van der Waals surface area contributed by atoms with E-state index in [9.17, 15) is 14.4 Å². The van der Waals surface area contributed by atoms with Crippen molar-refractivity contribution in [2.45, 2.75) is 38.1 Å². The summed E-state index contributed by atoms with van der Waals surface area (Å²) >= 11 is 0. The topological polar surface area (TPSA) is 69.7 Å². The van der Waals surface area contributed by atoms with E-state index in [1.54, 1.807) is 4.90 Å². The molecule has 2 saturated heterocycles. The summed E-state index contributed by atoms with van der Waals surface area (Å²) in [6.07, 6.45) is 3.89. The van der Waals surface area contributed by atoms with Crippen molar-refractivity contribution in [3.63, 3.8) is 0 Å². The van der Waals surface area contributed by atoms with Gasteiger partial charge in [-0.25, -0.2) is 0 Å². The fraction of sp³-hybridized carbons (Fsp3) is 0.550. The Labute approximate surface area is 153 Å². The molecule has 6 heteroatoms. The van der Waals surface area contributed by atoms with Crippen molar-refractivity contribution >= 4 is 23.4 Å². The molecule has 1 N–H and O–H groups in total. The maximum Gasteiger partial charge on any atom is 0.228 e. The van der Waals surface area contributed by atoms with Crippen LogP contribution in [-0.2, 0) is 14.4 Å². The molecular weight excluding hydrogens is 330 g/mol. The lowest BCUT2D eigenvalue weighted by Gasteiger charge is -2.33. The molecule has 1 saturated carbocycles. The van der Waals surface area contributed by atoms with Crippen LogP contribution in [0.4, 0.5) is 5.69 Å². The van der Waals surface area contributed by atoms with Crippen LogP contribution in [0.5, 0.6) is 0 Å². The predicted octanol–water partition coefficient (Wildman–Crippen LogP) is 1.56. The lowest BCUT2D eigenvalue weighted by atomic mass is 9.94. The van der Waals surface area contributed by atoms with Gasteiger partial charge in [-0.05, 0) is 37.8 Å². The van der Waals surface area contributed by atoms with Gasteiger partial charge in [-0.1, -0.05) is 18.2 Å². The standard InChI is InChI=1S/C20H25N3O3/c24-18-12-15(13-23(18)17-4-2-1-3-5-17)20(26)22-10-8-14(9-11-22)19(25)21-16-6-7-16/h1-5,14-16H,6-13H2,(H,21,25)/t15-/m1/s1. The highest BCUT2D eigenvalue weighted by Crippen LogP contribution is 2.28. The summed E-state index contributed by atoms with van der Waals surface area (Å²) in [6.45, 7) is 1.67.